The maximum atomic E-state index is 11.8. The minimum absolute atomic E-state index is 0.0796. The smallest absolute Gasteiger partial charge is 0.227 e. The van der Waals surface area contributed by atoms with Crippen molar-refractivity contribution in [1.82, 2.24) is 15.5 Å². The average Bonchev–Trinajstić information content (AvgIpc) is 3.04. The molecule has 1 amide bonds. The molecule has 6 nitrogen and oxygen atoms in total. The van der Waals surface area contributed by atoms with E-state index in [1.165, 1.54) is 11.3 Å². The predicted molar refractivity (Wildman–Crippen MR) is 84.9 cm³/mol. The van der Waals surface area contributed by atoms with E-state index >= 15 is 0 Å². The summed E-state index contributed by atoms with van der Waals surface area (Å²) < 4.78 is 6.14. The molecule has 114 valence electrons. The maximum absolute atomic E-state index is 11.8. The van der Waals surface area contributed by atoms with Crippen LogP contribution < -0.4 is 11.1 Å². The number of carbonyl (C=O) groups is 1. The molecular weight excluding hydrogens is 356 g/mol. The van der Waals surface area contributed by atoms with E-state index in [0.717, 1.165) is 9.35 Å². The molecule has 0 saturated carbocycles. The third-order valence-corrected chi connectivity index (χ3v) is 4.50. The van der Waals surface area contributed by atoms with Crippen LogP contribution in [0.4, 0.5) is 0 Å². The van der Waals surface area contributed by atoms with E-state index in [-0.39, 0.29) is 5.91 Å². The van der Waals surface area contributed by atoms with Crippen LogP contribution in [0.1, 0.15) is 26.2 Å². The van der Waals surface area contributed by atoms with Gasteiger partial charge in [-0.2, -0.15) is 4.98 Å². The van der Waals surface area contributed by atoms with Crippen LogP contribution in [0.5, 0.6) is 0 Å². The third kappa shape index (κ3) is 4.62. The van der Waals surface area contributed by atoms with Crippen LogP contribution in [0.15, 0.2) is 20.4 Å². The monoisotopic (exact) mass is 372 g/mol. The fourth-order valence-corrected chi connectivity index (χ4v) is 2.95. The first kappa shape index (κ1) is 16.1. The largest absolute Gasteiger partial charge is 0.350 e. The number of nitrogens with zero attached hydrogens (tertiary/aromatic N) is 2. The molecular formula is C13H17BrN4O2S. The van der Waals surface area contributed by atoms with Gasteiger partial charge in [-0.1, -0.05) is 5.16 Å². The molecule has 0 fully saturated rings. The fraction of sp³-hybridized carbons (Fsp3) is 0.462. The molecule has 2 aromatic heterocycles. The van der Waals surface area contributed by atoms with Gasteiger partial charge in [0, 0.05) is 34.8 Å². The second-order valence-corrected chi connectivity index (χ2v) is 7.10. The predicted octanol–water partition coefficient (Wildman–Crippen LogP) is 2.35. The summed E-state index contributed by atoms with van der Waals surface area (Å²) >= 11 is 4.91. The lowest BCUT2D eigenvalue weighted by Gasteiger charge is -2.23. The number of aromatic nitrogens is 2. The molecule has 8 heteroatoms. The van der Waals surface area contributed by atoms with E-state index in [1.54, 1.807) is 0 Å². The van der Waals surface area contributed by atoms with Gasteiger partial charge in [0.25, 0.3) is 0 Å². The standard InChI is InChI=1S/C13H17BrN4O2S/c1-13(2,7-15)17-10(19)3-4-11-16-12(18-20-11)9-5-8(14)6-21-9/h5-6H,3-4,7,15H2,1-2H3,(H,17,19). The summed E-state index contributed by atoms with van der Waals surface area (Å²) in [6, 6.07) is 1.93. The van der Waals surface area contributed by atoms with E-state index in [4.69, 9.17) is 10.3 Å². The summed E-state index contributed by atoms with van der Waals surface area (Å²) in [4.78, 5) is 17.0. The highest BCUT2D eigenvalue weighted by Gasteiger charge is 2.19. The number of hydrogen-bond donors (Lipinski definition) is 2. The summed E-state index contributed by atoms with van der Waals surface area (Å²) in [7, 11) is 0. The van der Waals surface area contributed by atoms with E-state index in [2.05, 4.69) is 31.4 Å². The van der Waals surface area contributed by atoms with Gasteiger partial charge in [-0.15, -0.1) is 11.3 Å². The summed E-state index contributed by atoms with van der Waals surface area (Å²) in [5.41, 5.74) is 5.17. The number of carbonyl (C=O) groups excluding carboxylic acids is 1. The number of halogens is 1. The fourth-order valence-electron chi connectivity index (χ4n) is 1.60. The van der Waals surface area contributed by atoms with Gasteiger partial charge in [0.2, 0.25) is 17.6 Å². The van der Waals surface area contributed by atoms with Crippen LogP contribution in [0, 0.1) is 0 Å². The van der Waals surface area contributed by atoms with Crippen LogP contribution in [-0.2, 0) is 11.2 Å². The van der Waals surface area contributed by atoms with Gasteiger partial charge >= 0.3 is 0 Å². The Balaban J connectivity index is 1.90. The van der Waals surface area contributed by atoms with Crippen LogP contribution in [0.25, 0.3) is 10.7 Å². The Bertz CT molecular complexity index is 623. The van der Waals surface area contributed by atoms with Crippen molar-refractivity contribution in [3.63, 3.8) is 0 Å². The summed E-state index contributed by atoms with van der Waals surface area (Å²) in [5.74, 6) is 0.919. The molecule has 0 saturated heterocycles. The van der Waals surface area contributed by atoms with E-state index in [0.29, 0.717) is 31.1 Å². The minimum Gasteiger partial charge on any atom is -0.350 e. The second-order valence-electron chi connectivity index (χ2n) is 5.28. The van der Waals surface area contributed by atoms with Crippen LogP contribution >= 0.6 is 27.3 Å². The maximum Gasteiger partial charge on any atom is 0.227 e. The molecule has 3 N–H and O–H groups in total. The quantitative estimate of drug-likeness (QED) is 0.811. The van der Waals surface area contributed by atoms with E-state index < -0.39 is 5.54 Å². The van der Waals surface area contributed by atoms with Crippen molar-refractivity contribution in [3.8, 4) is 10.7 Å². The summed E-state index contributed by atoms with van der Waals surface area (Å²) in [6.07, 6.45) is 0.700. The molecule has 0 bridgehead atoms. The van der Waals surface area contributed by atoms with Crippen LogP contribution in [-0.4, -0.2) is 28.1 Å². The van der Waals surface area contributed by atoms with E-state index in [9.17, 15) is 4.79 Å². The Kier molecular flexibility index (Phi) is 5.13. The van der Waals surface area contributed by atoms with Gasteiger partial charge in [-0.3, -0.25) is 4.79 Å². The summed E-state index contributed by atoms with van der Waals surface area (Å²) in [6.45, 7) is 4.14. The lowest BCUT2D eigenvalue weighted by molar-refractivity contribution is -0.122. The van der Waals surface area contributed by atoms with E-state index in [1.807, 2.05) is 25.3 Å². The van der Waals surface area contributed by atoms with Crippen molar-refractivity contribution >= 4 is 33.2 Å². The number of nitrogens with two attached hydrogens (primary N) is 1. The zero-order valence-corrected chi connectivity index (χ0v) is 14.3. The van der Waals surface area contributed by atoms with Crippen LogP contribution in [0.2, 0.25) is 0 Å². The molecule has 2 aromatic rings. The topological polar surface area (TPSA) is 94.0 Å². The van der Waals surface area contributed by atoms with Gasteiger partial charge in [-0.25, -0.2) is 0 Å². The molecule has 0 spiro atoms. The number of nitrogens with one attached hydrogen (secondary N) is 1. The first-order valence-electron chi connectivity index (χ1n) is 6.48. The average molecular weight is 373 g/mol. The zero-order chi connectivity index (χ0) is 15.5. The van der Waals surface area contributed by atoms with Crippen molar-refractivity contribution in [2.45, 2.75) is 32.2 Å². The lowest BCUT2D eigenvalue weighted by Crippen LogP contribution is -2.48. The van der Waals surface area contributed by atoms with Crippen LogP contribution in [0.3, 0.4) is 0 Å². The summed E-state index contributed by atoms with van der Waals surface area (Å²) in [5, 5.41) is 8.73. The van der Waals surface area contributed by atoms with Crippen molar-refractivity contribution < 1.29 is 9.32 Å². The van der Waals surface area contributed by atoms with Crippen molar-refractivity contribution in [3.05, 3.63) is 21.8 Å². The first-order chi connectivity index (χ1) is 9.89. The minimum atomic E-state index is -0.402. The molecule has 0 radical (unpaired) electrons. The molecule has 0 unspecified atom stereocenters. The number of rotatable bonds is 6. The Morgan fingerprint density at radius 2 is 2.33 bits per heavy atom. The molecule has 2 heterocycles. The third-order valence-electron chi connectivity index (χ3n) is 2.81. The Morgan fingerprint density at radius 3 is 2.95 bits per heavy atom. The molecule has 0 aliphatic rings. The number of hydrogen-bond acceptors (Lipinski definition) is 6. The number of aryl methyl sites for hydroxylation is 1. The Morgan fingerprint density at radius 1 is 1.57 bits per heavy atom. The van der Waals surface area contributed by atoms with Gasteiger partial charge in [0.05, 0.1) is 4.88 Å². The SMILES string of the molecule is CC(C)(CN)NC(=O)CCc1nc(-c2cc(Br)cs2)no1. The number of thiophene rings is 1. The second kappa shape index (κ2) is 6.67. The highest BCUT2D eigenvalue weighted by Crippen LogP contribution is 2.27. The van der Waals surface area contributed by atoms with Gasteiger partial charge in [-0.05, 0) is 35.8 Å². The van der Waals surface area contributed by atoms with Gasteiger partial charge < -0.3 is 15.6 Å². The molecule has 0 atom stereocenters. The highest BCUT2D eigenvalue weighted by atomic mass is 79.9. The molecule has 2 rings (SSSR count). The first-order valence-corrected chi connectivity index (χ1v) is 8.15. The van der Waals surface area contributed by atoms with Gasteiger partial charge in [0.15, 0.2) is 0 Å². The molecule has 21 heavy (non-hydrogen) atoms. The zero-order valence-electron chi connectivity index (χ0n) is 11.9. The normalized spacial score (nSPS) is 11.6. The van der Waals surface area contributed by atoms with Crippen molar-refractivity contribution in [1.29, 1.82) is 0 Å². The molecule has 0 aliphatic heterocycles. The van der Waals surface area contributed by atoms with Crippen molar-refractivity contribution in [2.24, 2.45) is 5.73 Å². The Hall–Kier alpha value is -1.25. The molecule has 0 aliphatic carbocycles. The molecule has 0 aromatic carbocycles. The van der Waals surface area contributed by atoms with Crippen molar-refractivity contribution in [2.75, 3.05) is 6.54 Å². The highest BCUT2D eigenvalue weighted by molar-refractivity contribution is 9.10. The van der Waals surface area contributed by atoms with Gasteiger partial charge in [0.1, 0.15) is 0 Å². The Labute approximate surface area is 135 Å². The number of amides is 1. The lowest BCUT2D eigenvalue weighted by atomic mass is 10.1.